The van der Waals surface area contributed by atoms with E-state index < -0.39 is 0 Å². The zero-order chi connectivity index (χ0) is 14.5. The number of carbonyl (C=O) groups excluding carboxylic acids is 1. The van der Waals surface area contributed by atoms with Crippen molar-refractivity contribution in [2.75, 3.05) is 7.11 Å². The summed E-state index contributed by atoms with van der Waals surface area (Å²) in [6.45, 7) is 1.81. The van der Waals surface area contributed by atoms with Gasteiger partial charge in [-0.15, -0.1) is 0 Å². The molecule has 1 aliphatic rings. The molecule has 4 nitrogen and oxygen atoms in total. The second-order valence-corrected chi connectivity index (χ2v) is 4.78. The number of nitrogens with one attached hydrogen (secondary N) is 2. The van der Waals surface area contributed by atoms with Gasteiger partial charge < -0.3 is 15.4 Å². The minimum Gasteiger partial charge on any atom is -0.466 e. The van der Waals surface area contributed by atoms with Gasteiger partial charge in [0.2, 0.25) is 0 Å². The lowest BCUT2D eigenvalue weighted by molar-refractivity contribution is -0.136. The largest absolute Gasteiger partial charge is 0.466 e. The molecular weight excluding hydrogens is 272 g/mol. The summed E-state index contributed by atoms with van der Waals surface area (Å²) in [6.07, 6.45) is 3.85. The van der Waals surface area contributed by atoms with Gasteiger partial charge in [0.25, 0.3) is 0 Å². The maximum absolute atomic E-state index is 11.9. The van der Waals surface area contributed by atoms with E-state index in [1.165, 1.54) is 7.11 Å². The fourth-order valence-electron chi connectivity index (χ4n) is 2.03. The number of esters is 1. The van der Waals surface area contributed by atoms with Crippen molar-refractivity contribution in [1.29, 1.82) is 0 Å². The molecule has 1 aromatic rings. The SMILES string of the molecule is COC(=O)C1=C(C)NC(=S)N[C@@H]1/C=C\c1ccccc1. The van der Waals surface area contributed by atoms with Gasteiger partial charge in [-0.1, -0.05) is 42.5 Å². The number of carbonyl (C=O) groups is 1. The molecule has 104 valence electrons. The Balaban J connectivity index is 2.28. The summed E-state index contributed by atoms with van der Waals surface area (Å²) >= 11 is 5.12. The van der Waals surface area contributed by atoms with E-state index in [2.05, 4.69) is 10.6 Å². The summed E-state index contributed by atoms with van der Waals surface area (Å²) in [6, 6.07) is 9.56. The Kier molecular flexibility index (Phi) is 4.53. The lowest BCUT2D eigenvalue weighted by Gasteiger charge is -2.27. The molecule has 0 aliphatic carbocycles. The molecular formula is C15H16N2O2S. The first-order valence-corrected chi connectivity index (χ1v) is 6.62. The molecule has 0 fully saturated rings. The predicted octanol–water partition coefficient (Wildman–Crippen LogP) is 1.99. The third kappa shape index (κ3) is 3.24. The third-order valence-electron chi connectivity index (χ3n) is 2.99. The minimum absolute atomic E-state index is 0.295. The van der Waals surface area contributed by atoms with E-state index in [9.17, 15) is 4.79 Å². The van der Waals surface area contributed by atoms with E-state index in [0.717, 1.165) is 5.56 Å². The van der Waals surface area contributed by atoms with Crippen LogP contribution in [0.15, 0.2) is 47.7 Å². The van der Waals surface area contributed by atoms with Crippen molar-refractivity contribution in [1.82, 2.24) is 10.6 Å². The van der Waals surface area contributed by atoms with Gasteiger partial charge in [0, 0.05) is 5.70 Å². The van der Waals surface area contributed by atoms with Crippen molar-refractivity contribution in [2.45, 2.75) is 13.0 Å². The van der Waals surface area contributed by atoms with Crippen LogP contribution in [0.4, 0.5) is 0 Å². The van der Waals surface area contributed by atoms with Crippen molar-refractivity contribution in [3.63, 3.8) is 0 Å². The first-order valence-electron chi connectivity index (χ1n) is 6.21. The van der Waals surface area contributed by atoms with E-state index in [4.69, 9.17) is 17.0 Å². The van der Waals surface area contributed by atoms with E-state index in [1.54, 1.807) is 0 Å². The van der Waals surface area contributed by atoms with Gasteiger partial charge >= 0.3 is 5.97 Å². The molecule has 1 aliphatic heterocycles. The summed E-state index contributed by atoms with van der Waals surface area (Å²) in [5, 5.41) is 6.49. The smallest absolute Gasteiger partial charge is 0.337 e. The van der Waals surface area contributed by atoms with Crippen LogP contribution in [0.3, 0.4) is 0 Å². The molecule has 0 saturated heterocycles. The lowest BCUT2D eigenvalue weighted by atomic mass is 10.0. The second kappa shape index (κ2) is 6.34. The number of methoxy groups -OCH3 is 1. The van der Waals surface area contributed by atoms with E-state index in [-0.39, 0.29) is 12.0 Å². The molecule has 0 radical (unpaired) electrons. The highest BCUT2D eigenvalue weighted by Gasteiger charge is 2.27. The fraction of sp³-hybridized carbons (Fsp3) is 0.200. The van der Waals surface area contributed by atoms with Crippen LogP contribution in [-0.4, -0.2) is 24.2 Å². The lowest BCUT2D eigenvalue weighted by Crippen LogP contribution is -2.48. The molecule has 0 spiro atoms. The van der Waals surface area contributed by atoms with E-state index >= 15 is 0 Å². The van der Waals surface area contributed by atoms with Gasteiger partial charge in [-0.2, -0.15) is 0 Å². The van der Waals surface area contributed by atoms with Gasteiger partial charge in [0.1, 0.15) is 0 Å². The highest BCUT2D eigenvalue weighted by atomic mass is 32.1. The Morgan fingerprint density at radius 2 is 2.05 bits per heavy atom. The van der Waals surface area contributed by atoms with Crippen molar-refractivity contribution in [3.8, 4) is 0 Å². The van der Waals surface area contributed by atoms with Crippen LogP contribution in [-0.2, 0) is 9.53 Å². The summed E-state index contributed by atoms with van der Waals surface area (Å²) in [7, 11) is 1.37. The summed E-state index contributed by atoms with van der Waals surface area (Å²) in [4.78, 5) is 11.9. The minimum atomic E-state index is -0.368. The van der Waals surface area contributed by atoms with Gasteiger partial charge in [-0.05, 0) is 24.7 Å². The molecule has 5 heteroatoms. The van der Waals surface area contributed by atoms with E-state index in [0.29, 0.717) is 16.4 Å². The number of benzene rings is 1. The monoisotopic (exact) mass is 288 g/mol. The Bertz CT molecular complexity index is 579. The molecule has 20 heavy (non-hydrogen) atoms. The summed E-state index contributed by atoms with van der Waals surface area (Å²) in [5.74, 6) is -0.368. The molecule has 0 aromatic heterocycles. The standard InChI is InChI=1S/C15H16N2O2S/c1-10-13(14(18)19-2)12(17-15(20)16-10)9-8-11-6-4-3-5-7-11/h3-9,12H,1-2H3,(H2,16,17,20)/b9-8-/t12-/m1/s1. The highest BCUT2D eigenvalue weighted by molar-refractivity contribution is 7.80. The van der Waals surface area contributed by atoms with Crippen molar-refractivity contribution >= 4 is 29.4 Å². The molecule has 1 atom stereocenters. The molecule has 0 bridgehead atoms. The van der Waals surface area contributed by atoms with Gasteiger partial charge in [-0.25, -0.2) is 4.79 Å². The fourth-order valence-corrected chi connectivity index (χ4v) is 2.31. The molecule has 0 unspecified atom stereocenters. The zero-order valence-electron chi connectivity index (χ0n) is 11.3. The van der Waals surface area contributed by atoms with Crippen LogP contribution in [0, 0.1) is 0 Å². The second-order valence-electron chi connectivity index (χ2n) is 4.38. The van der Waals surface area contributed by atoms with Crippen LogP contribution in [0.25, 0.3) is 6.08 Å². The number of hydrogen-bond acceptors (Lipinski definition) is 3. The van der Waals surface area contributed by atoms with Crippen LogP contribution >= 0.6 is 12.2 Å². The van der Waals surface area contributed by atoms with E-state index in [1.807, 2.05) is 49.4 Å². The Hall–Kier alpha value is -2.14. The first kappa shape index (κ1) is 14.3. The average molecular weight is 288 g/mol. The molecule has 0 saturated carbocycles. The van der Waals surface area contributed by atoms with Crippen molar-refractivity contribution in [2.24, 2.45) is 0 Å². The van der Waals surface area contributed by atoms with Gasteiger partial charge in [0.15, 0.2) is 5.11 Å². The van der Waals surface area contributed by atoms with Crippen molar-refractivity contribution in [3.05, 3.63) is 53.2 Å². The summed E-state index contributed by atoms with van der Waals surface area (Å²) < 4.78 is 4.82. The Labute approximate surface area is 123 Å². The summed E-state index contributed by atoms with van der Waals surface area (Å²) in [5.41, 5.74) is 2.30. The Morgan fingerprint density at radius 3 is 2.70 bits per heavy atom. The number of allylic oxidation sites excluding steroid dienone is 1. The van der Waals surface area contributed by atoms with Crippen LogP contribution in [0.5, 0.6) is 0 Å². The quantitative estimate of drug-likeness (QED) is 0.658. The third-order valence-corrected chi connectivity index (χ3v) is 3.21. The van der Waals surface area contributed by atoms with Gasteiger partial charge in [-0.3, -0.25) is 0 Å². The van der Waals surface area contributed by atoms with Gasteiger partial charge in [0.05, 0.1) is 18.7 Å². The van der Waals surface area contributed by atoms with Crippen LogP contribution in [0.2, 0.25) is 0 Å². The molecule has 2 rings (SSSR count). The first-order chi connectivity index (χ1) is 9.61. The number of thiocarbonyl (C=S) groups is 1. The topological polar surface area (TPSA) is 50.4 Å². The Morgan fingerprint density at radius 1 is 1.35 bits per heavy atom. The van der Waals surface area contributed by atoms with Crippen LogP contribution in [0.1, 0.15) is 12.5 Å². The normalized spacial score (nSPS) is 18.7. The molecule has 0 amide bonds. The zero-order valence-corrected chi connectivity index (χ0v) is 12.2. The molecule has 1 heterocycles. The number of rotatable bonds is 3. The highest BCUT2D eigenvalue weighted by Crippen LogP contribution is 2.16. The average Bonchev–Trinajstić information content (AvgIpc) is 2.45. The maximum atomic E-state index is 11.9. The predicted molar refractivity (Wildman–Crippen MR) is 82.8 cm³/mol. The molecule has 2 N–H and O–H groups in total. The number of ether oxygens (including phenoxy) is 1. The maximum Gasteiger partial charge on any atom is 0.337 e. The number of hydrogen-bond donors (Lipinski definition) is 2. The van der Waals surface area contributed by atoms with Crippen LogP contribution < -0.4 is 10.6 Å². The molecule has 1 aromatic carbocycles. The van der Waals surface area contributed by atoms with Crippen molar-refractivity contribution < 1.29 is 9.53 Å².